The maximum absolute atomic E-state index is 10.3. The molecule has 7 heteroatoms. The van der Waals surface area contributed by atoms with E-state index in [1.807, 2.05) is 42.5 Å². The molecule has 1 N–H and O–H groups in total. The predicted molar refractivity (Wildman–Crippen MR) is 120 cm³/mol. The van der Waals surface area contributed by atoms with Crippen molar-refractivity contribution in [1.82, 2.24) is 20.0 Å². The molecule has 162 valence electrons. The summed E-state index contributed by atoms with van der Waals surface area (Å²) in [4.78, 5) is 11.2. The van der Waals surface area contributed by atoms with Gasteiger partial charge >= 0.3 is 0 Å². The summed E-state index contributed by atoms with van der Waals surface area (Å²) < 4.78 is 10.8. The van der Waals surface area contributed by atoms with E-state index in [9.17, 15) is 5.11 Å². The van der Waals surface area contributed by atoms with E-state index in [0.29, 0.717) is 31.2 Å². The fourth-order valence-corrected chi connectivity index (χ4v) is 4.09. The fraction of sp³-hybridized carbons (Fsp3) is 0.240. The van der Waals surface area contributed by atoms with Crippen molar-refractivity contribution in [2.24, 2.45) is 0 Å². The zero-order valence-corrected chi connectivity index (χ0v) is 17.8. The highest BCUT2D eigenvalue weighted by molar-refractivity contribution is 5.59. The molecule has 1 aliphatic rings. The molecule has 2 unspecified atom stereocenters. The maximum Gasteiger partial charge on any atom is 0.244 e. The van der Waals surface area contributed by atoms with Crippen LogP contribution in [0.5, 0.6) is 5.75 Å². The molecule has 0 aliphatic carbocycles. The Balaban J connectivity index is 1.32. The van der Waals surface area contributed by atoms with E-state index in [2.05, 4.69) is 44.3 Å². The number of benzene rings is 2. The van der Waals surface area contributed by atoms with Crippen molar-refractivity contribution in [1.29, 1.82) is 0 Å². The van der Waals surface area contributed by atoms with Crippen molar-refractivity contribution in [3.05, 3.63) is 84.4 Å². The van der Waals surface area contributed by atoms with E-state index >= 15 is 0 Å². The monoisotopic (exact) mass is 428 g/mol. The number of methoxy groups -OCH3 is 1. The average molecular weight is 428 g/mol. The van der Waals surface area contributed by atoms with Crippen LogP contribution >= 0.6 is 0 Å². The summed E-state index contributed by atoms with van der Waals surface area (Å²) in [5.41, 5.74) is 4.04. The third kappa shape index (κ3) is 4.26. The first-order valence-electron chi connectivity index (χ1n) is 10.6. The highest BCUT2D eigenvalue weighted by Crippen LogP contribution is 2.34. The van der Waals surface area contributed by atoms with E-state index in [0.717, 1.165) is 28.1 Å². The molecule has 2 aromatic carbocycles. The molecule has 1 saturated heterocycles. The Labute approximate surface area is 186 Å². The number of nitrogens with zero attached hydrogens (tertiary/aromatic N) is 4. The lowest BCUT2D eigenvalue weighted by atomic mass is 10.1. The van der Waals surface area contributed by atoms with Gasteiger partial charge in [-0.05, 0) is 48.4 Å². The maximum atomic E-state index is 10.3. The van der Waals surface area contributed by atoms with Crippen LogP contribution in [0.1, 0.15) is 23.9 Å². The number of ether oxygens (including phenoxy) is 1. The van der Waals surface area contributed by atoms with Gasteiger partial charge in [0.05, 0.1) is 24.9 Å². The molecule has 2 aromatic heterocycles. The second kappa shape index (κ2) is 8.90. The molecule has 0 radical (unpaired) electrons. The quantitative estimate of drug-likeness (QED) is 0.495. The molecule has 1 aliphatic heterocycles. The highest BCUT2D eigenvalue weighted by Gasteiger charge is 2.36. The lowest BCUT2D eigenvalue weighted by molar-refractivity contribution is 0.169. The summed E-state index contributed by atoms with van der Waals surface area (Å²) >= 11 is 0. The van der Waals surface area contributed by atoms with Crippen LogP contribution in [0.4, 0.5) is 0 Å². The number of hydrogen-bond acceptors (Lipinski definition) is 7. The van der Waals surface area contributed by atoms with Crippen LogP contribution in [-0.2, 0) is 6.54 Å². The largest absolute Gasteiger partial charge is 0.497 e. The molecule has 7 nitrogen and oxygen atoms in total. The number of rotatable bonds is 6. The molecular weight excluding hydrogens is 404 g/mol. The second-order valence-electron chi connectivity index (χ2n) is 7.93. The third-order valence-corrected chi connectivity index (χ3v) is 5.76. The van der Waals surface area contributed by atoms with Crippen molar-refractivity contribution in [2.75, 3.05) is 13.7 Å². The summed E-state index contributed by atoms with van der Waals surface area (Å²) in [6.45, 7) is 1.25. The van der Waals surface area contributed by atoms with Crippen LogP contribution in [0.25, 0.3) is 22.6 Å². The van der Waals surface area contributed by atoms with Crippen LogP contribution in [0, 0.1) is 0 Å². The zero-order valence-electron chi connectivity index (χ0n) is 17.8. The van der Waals surface area contributed by atoms with Gasteiger partial charge in [0, 0.05) is 30.4 Å². The minimum atomic E-state index is -0.427. The summed E-state index contributed by atoms with van der Waals surface area (Å²) in [6, 6.07) is 21.7. The predicted octanol–water partition coefficient (Wildman–Crippen LogP) is 4.12. The van der Waals surface area contributed by atoms with Crippen LogP contribution in [0.15, 0.2) is 77.4 Å². The summed E-state index contributed by atoms with van der Waals surface area (Å²) in [6.07, 6.45) is 1.93. The summed E-state index contributed by atoms with van der Waals surface area (Å²) in [5, 5.41) is 14.5. The number of likely N-dealkylation sites (tertiary alicyclic amines) is 1. The van der Waals surface area contributed by atoms with Crippen molar-refractivity contribution < 1.29 is 14.4 Å². The Kier molecular flexibility index (Phi) is 5.66. The van der Waals surface area contributed by atoms with Gasteiger partial charge in [-0.3, -0.25) is 9.88 Å². The first kappa shape index (κ1) is 20.4. The normalized spacial score (nSPS) is 18.7. The van der Waals surface area contributed by atoms with Gasteiger partial charge in [-0.1, -0.05) is 35.5 Å². The van der Waals surface area contributed by atoms with Crippen LogP contribution in [0.3, 0.4) is 0 Å². The van der Waals surface area contributed by atoms with Crippen LogP contribution < -0.4 is 4.74 Å². The molecular formula is C25H24N4O3. The molecule has 4 aromatic rings. The van der Waals surface area contributed by atoms with Gasteiger partial charge in [0.1, 0.15) is 5.75 Å². The fourth-order valence-electron chi connectivity index (χ4n) is 4.09. The Morgan fingerprint density at radius 3 is 2.53 bits per heavy atom. The van der Waals surface area contributed by atoms with Gasteiger partial charge in [-0.15, -0.1) is 0 Å². The van der Waals surface area contributed by atoms with Gasteiger partial charge in [-0.2, -0.15) is 4.98 Å². The van der Waals surface area contributed by atoms with Crippen molar-refractivity contribution in [3.63, 3.8) is 0 Å². The van der Waals surface area contributed by atoms with E-state index in [1.54, 1.807) is 13.3 Å². The van der Waals surface area contributed by atoms with E-state index in [4.69, 9.17) is 9.26 Å². The number of aliphatic hydroxyl groups is 1. The summed E-state index contributed by atoms with van der Waals surface area (Å²) in [7, 11) is 1.63. The number of hydrogen-bond donors (Lipinski definition) is 1. The second-order valence-corrected chi connectivity index (χ2v) is 7.93. The molecule has 0 bridgehead atoms. The first-order valence-corrected chi connectivity index (χ1v) is 10.6. The van der Waals surface area contributed by atoms with Gasteiger partial charge in [0.25, 0.3) is 0 Å². The lowest BCUT2D eigenvalue weighted by Gasteiger charge is -2.21. The number of aliphatic hydroxyl groups excluding tert-OH is 1. The molecule has 3 heterocycles. The third-order valence-electron chi connectivity index (χ3n) is 5.76. The summed E-state index contributed by atoms with van der Waals surface area (Å²) in [5.74, 6) is 1.83. The van der Waals surface area contributed by atoms with Gasteiger partial charge < -0.3 is 14.4 Å². The Morgan fingerprint density at radius 1 is 1.03 bits per heavy atom. The van der Waals surface area contributed by atoms with Crippen molar-refractivity contribution >= 4 is 0 Å². The molecule has 0 spiro atoms. The minimum absolute atomic E-state index is 0.125. The number of pyridine rings is 1. The standard InChI is InChI=1S/C25H24N4O3/c1-31-21-11-9-19(10-12-21)24-27-25(32-28-24)23-14-20(30)16-29(23)15-17-5-7-18(8-6-17)22-4-2-3-13-26-22/h2-13,20,23,30H,14-16H2,1H3. The zero-order chi connectivity index (χ0) is 21.9. The van der Waals surface area contributed by atoms with Crippen LogP contribution in [0.2, 0.25) is 0 Å². The lowest BCUT2D eigenvalue weighted by Crippen LogP contribution is -2.24. The molecule has 5 rings (SSSR count). The number of β-amino-alcohol motifs (C(OH)–C–C–N with tert-alkyl or cyclic N) is 1. The minimum Gasteiger partial charge on any atom is -0.497 e. The van der Waals surface area contributed by atoms with E-state index in [1.165, 1.54) is 0 Å². The van der Waals surface area contributed by atoms with E-state index in [-0.39, 0.29) is 6.04 Å². The van der Waals surface area contributed by atoms with Crippen molar-refractivity contribution in [2.45, 2.75) is 25.1 Å². The van der Waals surface area contributed by atoms with Crippen molar-refractivity contribution in [3.8, 4) is 28.4 Å². The van der Waals surface area contributed by atoms with Gasteiger partial charge in [-0.25, -0.2) is 0 Å². The van der Waals surface area contributed by atoms with Crippen LogP contribution in [-0.4, -0.2) is 44.9 Å². The smallest absolute Gasteiger partial charge is 0.244 e. The topological polar surface area (TPSA) is 84.5 Å². The molecule has 0 amide bonds. The first-order chi connectivity index (χ1) is 15.7. The van der Waals surface area contributed by atoms with Gasteiger partial charge in [0.15, 0.2) is 0 Å². The SMILES string of the molecule is COc1ccc(-c2noc(C3CC(O)CN3Cc3ccc(-c4ccccn4)cc3)n2)cc1. The molecule has 2 atom stereocenters. The Bertz CT molecular complexity index is 1160. The molecule has 1 fully saturated rings. The molecule has 0 saturated carbocycles. The number of aromatic nitrogens is 3. The Hall–Kier alpha value is -3.55. The molecule has 32 heavy (non-hydrogen) atoms. The van der Waals surface area contributed by atoms with E-state index < -0.39 is 6.10 Å². The highest BCUT2D eigenvalue weighted by atomic mass is 16.5. The average Bonchev–Trinajstić information content (AvgIpc) is 3.47. The Morgan fingerprint density at radius 2 is 1.81 bits per heavy atom. The van der Waals surface area contributed by atoms with Gasteiger partial charge in [0.2, 0.25) is 11.7 Å².